The smallest absolute Gasteiger partial charge is 0.318 e. The molecular formula is C19H13F2N5OS. The Morgan fingerprint density at radius 2 is 1.93 bits per heavy atom. The Morgan fingerprint density at radius 3 is 2.71 bits per heavy atom. The maximum atomic E-state index is 14.0. The zero-order valence-electron chi connectivity index (χ0n) is 14.3. The van der Waals surface area contributed by atoms with Crippen LogP contribution >= 0.6 is 12.2 Å². The number of para-hydroxylation sites is 1. The van der Waals surface area contributed by atoms with Crippen LogP contribution in [-0.4, -0.2) is 15.1 Å². The summed E-state index contributed by atoms with van der Waals surface area (Å²) in [7, 11) is 0. The fourth-order valence-electron chi connectivity index (χ4n) is 2.21. The number of anilines is 2. The Labute approximate surface area is 164 Å². The highest BCUT2D eigenvalue weighted by Crippen LogP contribution is 2.17. The summed E-state index contributed by atoms with van der Waals surface area (Å²) in [6.07, 6.45) is 0.933. The molecular weight excluding hydrogens is 384 g/mol. The van der Waals surface area contributed by atoms with Gasteiger partial charge in [-0.3, -0.25) is 0 Å². The van der Waals surface area contributed by atoms with Gasteiger partial charge in [-0.2, -0.15) is 10.2 Å². The van der Waals surface area contributed by atoms with Gasteiger partial charge in [0.05, 0.1) is 23.5 Å². The van der Waals surface area contributed by atoms with Gasteiger partial charge >= 0.3 is 6.01 Å². The van der Waals surface area contributed by atoms with Gasteiger partial charge in [-0.25, -0.2) is 13.8 Å². The van der Waals surface area contributed by atoms with Crippen LogP contribution in [0.15, 0.2) is 54.7 Å². The molecule has 0 fully saturated rings. The van der Waals surface area contributed by atoms with Gasteiger partial charge in [0, 0.05) is 0 Å². The summed E-state index contributed by atoms with van der Waals surface area (Å²) in [6, 6.07) is 14.7. The summed E-state index contributed by atoms with van der Waals surface area (Å²) in [5, 5.41) is 14.0. The zero-order chi connectivity index (χ0) is 19.9. The fourth-order valence-corrected chi connectivity index (χ4v) is 2.42. The minimum Gasteiger partial charge on any atom is -0.459 e. The van der Waals surface area contributed by atoms with Crippen LogP contribution in [0, 0.1) is 23.0 Å². The predicted octanol–water partition coefficient (Wildman–Crippen LogP) is 4.01. The number of benzene rings is 2. The van der Waals surface area contributed by atoms with Gasteiger partial charge in [0.2, 0.25) is 0 Å². The second-order valence-corrected chi connectivity index (χ2v) is 5.92. The number of halogens is 2. The molecule has 3 rings (SSSR count). The van der Waals surface area contributed by atoms with Crippen LogP contribution in [0.4, 0.5) is 20.3 Å². The van der Waals surface area contributed by atoms with E-state index in [4.69, 9.17) is 22.2 Å². The molecule has 9 heteroatoms. The predicted molar refractivity (Wildman–Crippen MR) is 104 cm³/mol. The summed E-state index contributed by atoms with van der Waals surface area (Å²) in [4.78, 5) is 7.69. The second-order valence-electron chi connectivity index (χ2n) is 5.51. The van der Waals surface area contributed by atoms with Crippen molar-refractivity contribution < 1.29 is 13.5 Å². The van der Waals surface area contributed by atoms with Crippen molar-refractivity contribution in [2.24, 2.45) is 0 Å². The Bertz CT molecular complexity index is 1050. The number of ether oxygens (including phenoxy) is 1. The molecule has 0 aliphatic heterocycles. The minimum atomic E-state index is -0.753. The van der Waals surface area contributed by atoms with Crippen molar-refractivity contribution in [3.63, 3.8) is 0 Å². The first-order valence-electron chi connectivity index (χ1n) is 8.02. The van der Waals surface area contributed by atoms with Crippen molar-refractivity contribution in [3.05, 3.63) is 77.5 Å². The molecule has 0 unspecified atom stereocenters. The van der Waals surface area contributed by atoms with Gasteiger partial charge < -0.3 is 15.4 Å². The molecule has 0 saturated heterocycles. The van der Waals surface area contributed by atoms with Crippen LogP contribution in [0.25, 0.3) is 0 Å². The molecule has 6 nitrogen and oxygen atoms in total. The van der Waals surface area contributed by atoms with E-state index in [0.29, 0.717) is 5.56 Å². The molecule has 28 heavy (non-hydrogen) atoms. The lowest BCUT2D eigenvalue weighted by Crippen LogP contribution is -2.21. The maximum Gasteiger partial charge on any atom is 0.318 e. The van der Waals surface area contributed by atoms with E-state index in [-0.39, 0.29) is 29.2 Å². The number of aromatic nitrogens is 2. The minimum absolute atomic E-state index is 0.0460. The van der Waals surface area contributed by atoms with Crippen LogP contribution in [0.3, 0.4) is 0 Å². The first kappa shape index (κ1) is 19.1. The second kappa shape index (κ2) is 8.83. The largest absolute Gasteiger partial charge is 0.459 e. The topological polar surface area (TPSA) is 82.9 Å². The SMILES string of the molecule is N#Cc1cccc(COc2ncc(F)c(NC(=S)Nc3ccccc3F)n2)c1. The third kappa shape index (κ3) is 4.96. The van der Waals surface area contributed by atoms with Crippen LogP contribution in [-0.2, 0) is 6.61 Å². The van der Waals surface area contributed by atoms with Gasteiger partial charge in [0.1, 0.15) is 12.4 Å². The number of nitrogens with zero attached hydrogens (tertiary/aromatic N) is 3. The molecule has 3 aromatic rings. The summed E-state index contributed by atoms with van der Waals surface area (Å²) >= 11 is 5.06. The fraction of sp³-hybridized carbons (Fsp3) is 0.0526. The molecule has 0 radical (unpaired) electrons. The molecule has 0 aliphatic carbocycles. The molecule has 1 heterocycles. The Kier molecular flexibility index (Phi) is 6.04. The monoisotopic (exact) mass is 397 g/mol. The Hall–Kier alpha value is -3.64. The molecule has 0 atom stereocenters. The number of nitriles is 1. The van der Waals surface area contributed by atoms with Gasteiger partial charge in [-0.15, -0.1) is 0 Å². The Balaban J connectivity index is 1.66. The number of thiocarbonyl (C=S) groups is 1. The van der Waals surface area contributed by atoms with Crippen LogP contribution in [0.5, 0.6) is 6.01 Å². The molecule has 2 aromatic carbocycles. The lowest BCUT2D eigenvalue weighted by atomic mass is 10.1. The van der Waals surface area contributed by atoms with E-state index in [9.17, 15) is 8.78 Å². The molecule has 1 aromatic heterocycles. The average Bonchev–Trinajstić information content (AvgIpc) is 2.70. The van der Waals surface area contributed by atoms with Crippen molar-refractivity contribution in [2.45, 2.75) is 6.61 Å². The average molecular weight is 397 g/mol. The van der Waals surface area contributed by atoms with E-state index in [2.05, 4.69) is 20.6 Å². The maximum absolute atomic E-state index is 14.0. The number of nitrogens with one attached hydrogen (secondary N) is 2. The molecule has 0 amide bonds. The number of hydrogen-bond donors (Lipinski definition) is 2. The van der Waals surface area contributed by atoms with E-state index in [1.54, 1.807) is 30.3 Å². The molecule has 2 N–H and O–H groups in total. The highest BCUT2D eigenvalue weighted by Gasteiger charge is 2.11. The van der Waals surface area contributed by atoms with Crippen molar-refractivity contribution in [2.75, 3.05) is 10.6 Å². The molecule has 0 aliphatic rings. The van der Waals surface area contributed by atoms with Crippen LogP contribution in [0.2, 0.25) is 0 Å². The number of hydrogen-bond acceptors (Lipinski definition) is 5. The van der Waals surface area contributed by atoms with Crippen LogP contribution < -0.4 is 15.4 Å². The van der Waals surface area contributed by atoms with Gasteiger partial charge in [0.15, 0.2) is 16.7 Å². The number of rotatable bonds is 5. The molecule has 0 spiro atoms. The summed E-state index contributed by atoms with van der Waals surface area (Å²) in [5.74, 6) is -1.47. The zero-order valence-corrected chi connectivity index (χ0v) is 15.1. The third-order valence-electron chi connectivity index (χ3n) is 3.50. The van der Waals surface area contributed by atoms with Gasteiger partial charge in [-0.1, -0.05) is 24.3 Å². The van der Waals surface area contributed by atoms with E-state index >= 15 is 0 Å². The summed E-state index contributed by atoms with van der Waals surface area (Å²) in [6.45, 7) is 0.0957. The van der Waals surface area contributed by atoms with E-state index < -0.39 is 11.6 Å². The summed E-state index contributed by atoms with van der Waals surface area (Å²) in [5.41, 5.74) is 1.37. The molecule has 0 saturated carbocycles. The third-order valence-corrected chi connectivity index (χ3v) is 3.70. The molecule has 140 valence electrons. The lowest BCUT2D eigenvalue weighted by molar-refractivity contribution is 0.280. The van der Waals surface area contributed by atoms with Crippen molar-refractivity contribution in [1.29, 1.82) is 5.26 Å². The van der Waals surface area contributed by atoms with Crippen molar-refractivity contribution in [1.82, 2.24) is 9.97 Å². The van der Waals surface area contributed by atoms with E-state index in [1.165, 1.54) is 18.2 Å². The lowest BCUT2D eigenvalue weighted by Gasteiger charge is -2.12. The van der Waals surface area contributed by atoms with Gasteiger partial charge in [0.25, 0.3) is 0 Å². The Morgan fingerprint density at radius 1 is 1.11 bits per heavy atom. The molecule has 0 bridgehead atoms. The van der Waals surface area contributed by atoms with E-state index in [0.717, 1.165) is 11.8 Å². The highest BCUT2D eigenvalue weighted by atomic mass is 32.1. The van der Waals surface area contributed by atoms with Crippen LogP contribution in [0.1, 0.15) is 11.1 Å². The van der Waals surface area contributed by atoms with Gasteiger partial charge in [-0.05, 0) is 42.0 Å². The quantitative estimate of drug-likeness (QED) is 0.629. The van der Waals surface area contributed by atoms with E-state index in [1.807, 2.05) is 6.07 Å². The standard InChI is InChI=1S/C19H13F2N5OS/c20-14-6-1-2-7-16(14)24-19(28)26-17-15(21)10-23-18(25-17)27-11-13-5-3-4-12(8-13)9-22/h1-8,10H,11H2,(H2,23,24,25,26,28). The van der Waals surface area contributed by atoms with Crippen molar-refractivity contribution in [3.8, 4) is 12.1 Å². The highest BCUT2D eigenvalue weighted by molar-refractivity contribution is 7.80. The summed E-state index contributed by atoms with van der Waals surface area (Å²) < 4.78 is 33.1. The normalized spacial score (nSPS) is 10.0. The first-order chi connectivity index (χ1) is 13.5. The first-order valence-corrected chi connectivity index (χ1v) is 8.43. The van der Waals surface area contributed by atoms with Crippen molar-refractivity contribution >= 4 is 28.8 Å².